The molecule has 0 saturated carbocycles. The molecule has 73 heavy (non-hydrogen) atoms. The van der Waals surface area contributed by atoms with Crippen molar-refractivity contribution in [3.8, 4) is 39.1 Å². The predicted molar refractivity (Wildman–Crippen MR) is 299 cm³/mol. The highest BCUT2D eigenvalue weighted by Gasteiger charge is 2.36. The number of rotatable bonds is 12. The van der Waals surface area contributed by atoms with Crippen LogP contribution in [0.4, 0.5) is 17.1 Å². The molecule has 1 heterocycles. The minimum Gasteiger partial charge on any atom is -0.368 e. The van der Waals surface area contributed by atoms with Crippen LogP contribution < -0.4 is 4.90 Å². The average molecular weight is 943 g/mol. The van der Waals surface area contributed by atoms with Crippen molar-refractivity contribution in [1.82, 2.24) is 4.57 Å². The van der Waals surface area contributed by atoms with Gasteiger partial charge in [0.15, 0.2) is 0 Å². The first kappa shape index (κ1) is 43.5. The number of ether oxygens (including phenoxy) is 2. The van der Waals surface area contributed by atoms with E-state index in [1.165, 1.54) is 77.4 Å². The monoisotopic (exact) mass is 942 g/mol. The number of hydrogen-bond donors (Lipinski definition) is 0. The normalized spacial score (nSPS) is 15.8. The molecule has 0 fully saturated rings. The zero-order chi connectivity index (χ0) is 48.6. The van der Waals surface area contributed by atoms with E-state index in [9.17, 15) is 0 Å². The summed E-state index contributed by atoms with van der Waals surface area (Å²) in [6, 6.07) is 84.6. The molecule has 4 nitrogen and oxygen atoms in total. The lowest BCUT2D eigenvalue weighted by atomic mass is 9.82. The molecular weight excluding hydrogens is 889 g/mol. The molecule has 14 rings (SSSR count). The van der Waals surface area contributed by atoms with Crippen molar-refractivity contribution in [1.29, 1.82) is 0 Å². The van der Waals surface area contributed by atoms with Crippen molar-refractivity contribution in [3.05, 3.63) is 275 Å². The van der Waals surface area contributed by atoms with E-state index in [0.717, 1.165) is 57.8 Å². The Kier molecular flexibility index (Phi) is 10.4. The summed E-state index contributed by atoms with van der Waals surface area (Å²) in [5, 5.41) is 2.50. The van der Waals surface area contributed by atoms with Gasteiger partial charge in [-0.1, -0.05) is 166 Å². The van der Waals surface area contributed by atoms with Crippen LogP contribution in [0.3, 0.4) is 0 Å². The van der Waals surface area contributed by atoms with Crippen molar-refractivity contribution in [3.63, 3.8) is 0 Å². The highest BCUT2D eigenvalue weighted by molar-refractivity contribution is 6.10. The molecule has 0 spiro atoms. The fraction of sp³-hybridized carbons (Fsp3) is 0.130. The van der Waals surface area contributed by atoms with Gasteiger partial charge < -0.3 is 18.9 Å². The highest BCUT2D eigenvalue weighted by Crippen LogP contribution is 2.51. The lowest BCUT2D eigenvalue weighted by molar-refractivity contribution is 0.0217. The Balaban J connectivity index is 0.815. The Morgan fingerprint density at radius 3 is 1.63 bits per heavy atom. The molecule has 2 unspecified atom stereocenters. The van der Waals surface area contributed by atoms with E-state index in [-0.39, 0.29) is 17.6 Å². The van der Waals surface area contributed by atoms with Crippen LogP contribution in [-0.4, -0.2) is 4.57 Å². The summed E-state index contributed by atoms with van der Waals surface area (Å²) in [7, 11) is 0. The van der Waals surface area contributed by atoms with Gasteiger partial charge >= 0.3 is 0 Å². The lowest BCUT2D eigenvalue weighted by Crippen LogP contribution is -2.20. The number of hydrogen-bond acceptors (Lipinski definition) is 3. The van der Waals surface area contributed by atoms with E-state index < -0.39 is 0 Å². The molecule has 352 valence electrons. The number of aromatic nitrogens is 1. The Morgan fingerprint density at radius 2 is 0.959 bits per heavy atom. The van der Waals surface area contributed by atoms with Crippen LogP contribution in [0, 0.1) is 0 Å². The van der Waals surface area contributed by atoms with Crippen molar-refractivity contribution in [2.75, 3.05) is 4.90 Å². The van der Waals surface area contributed by atoms with Crippen LogP contribution in [0.2, 0.25) is 0 Å². The second kappa shape index (κ2) is 17.5. The molecule has 0 amide bonds. The van der Waals surface area contributed by atoms with Gasteiger partial charge in [0.05, 0.1) is 36.5 Å². The largest absolute Gasteiger partial charge is 0.368 e. The average Bonchev–Trinajstić information content (AvgIpc) is 3.87. The Hall–Kier alpha value is -8.28. The summed E-state index contributed by atoms with van der Waals surface area (Å²) in [6.45, 7) is 5.80. The Labute approximate surface area is 427 Å². The van der Waals surface area contributed by atoms with Crippen molar-refractivity contribution >= 4 is 38.9 Å². The van der Waals surface area contributed by atoms with Crippen LogP contribution in [0.15, 0.2) is 231 Å². The van der Waals surface area contributed by atoms with Gasteiger partial charge in [-0.3, -0.25) is 0 Å². The maximum Gasteiger partial charge on any atom is 0.0872 e. The van der Waals surface area contributed by atoms with Gasteiger partial charge in [0.25, 0.3) is 0 Å². The summed E-state index contributed by atoms with van der Waals surface area (Å²) >= 11 is 0. The van der Waals surface area contributed by atoms with E-state index in [1.807, 2.05) is 0 Å². The topological polar surface area (TPSA) is 26.6 Å². The molecule has 1 aromatic heterocycles. The molecule has 4 heteroatoms. The fourth-order valence-electron chi connectivity index (χ4n) is 12.1. The summed E-state index contributed by atoms with van der Waals surface area (Å²) in [5.41, 5.74) is 24.5. The van der Waals surface area contributed by atoms with Crippen molar-refractivity contribution in [2.45, 2.75) is 57.5 Å². The maximum absolute atomic E-state index is 6.60. The first-order chi connectivity index (χ1) is 35.9. The number of para-hydroxylation sites is 2. The molecule has 0 N–H and O–H groups in total. The van der Waals surface area contributed by atoms with Crippen LogP contribution in [0.1, 0.15) is 70.6 Å². The molecule has 0 saturated heterocycles. The number of benzene rings is 10. The zero-order valence-electron chi connectivity index (χ0n) is 41.1. The third-order valence-electron chi connectivity index (χ3n) is 16.0. The molecular formula is C69H54N2O2. The van der Waals surface area contributed by atoms with E-state index in [2.05, 4.69) is 254 Å². The number of fused-ring (bicyclic) bond motifs is 8. The standard InChI is InChI=1S/C69H54N2O2/c1-69(2)63-22-12-10-20-59(63)60-34-33-56(42-64(60)69)70(54-29-24-47(25-30-54)49-28-35-66-62(39-49)61-21-11-13-23-65(61)71(66)53-16-4-3-5-17-53)55-31-26-48(27-32-55)52-37-45(43-72-67-40-50-14-6-8-18-57(50)67)36-46(38-52)44-73-68-41-51-15-7-9-19-58(51)68/h3-39,42,67-68H,40-41,43-44H2,1-2H3. The third-order valence-corrected chi connectivity index (χ3v) is 16.0. The van der Waals surface area contributed by atoms with Gasteiger partial charge in [-0.05, 0) is 157 Å². The van der Waals surface area contributed by atoms with E-state index >= 15 is 0 Å². The molecule has 0 radical (unpaired) electrons. The van der Waals surface area contributed by atoms with Gasteiger partial charge in [0.2, 0.25) is 0 Å². The molecule has 2 atom stereocenters. The number of anilines is 3. The molecule has 11 aromatic rings. The van der Waals surface area contributed by atoms with E-state index in [1.54, 1.807) is 0 Å². The van der Waals surface area contributed by atoms with Gasteiger partial charge in [0.1, 0.15) is 0 Å². The van der Waals surface area contributed by atoms with Crippen LogP contribution >= 0.6 is 0 Å². The van der Waals surface area contributed by atoms with Crippen LogP contribution in [-0.2, 0) is 40.9 Å². The van der Waals surface area contributed by atoms with Crippen molar-refractivity contribution in [2.24, 2.45) is 0 Å². The smallest absolute Gasteiger partial charge is 0.0872 e. The third kappa shape index (κ3) is 7.52. The summed E-state index contributed by atoms with van der Waals surface area (Å²) in [5.74, 6) is 0. The second-order valence-electron chi connectivity index (χ2n) is 20.7. The first-order valence-electron chi connectivity index (χ1n) is 25.8. The SMILES string of the molecule is CC1(C)c2ccccc2-c2ccc(N(c3ccc(-c4cc(COC5Cc6ccccc65)cc(COC5Cc6ccccc65)c4)cc3)c3ccc(-c4ccc5c(c4)c4ccccc4n5-c4ccccc4)cc3)cc21. The molecule has 3 aliphatic carbocycles. The van der Waals surface area contributed by atoms with Gasteiger partial charge in [-0.15, -0.1) is 0 Å². The minimum absolute atomic E-state index is 0.126. The summed E-state index contributed by atoms with van der Waals surface area (Å²) in [6.07, 6.45) is 2.17. The highest BCUT2D eigenvalue weighted by atomic mass is 16.5. The summed E-state index contributed by atoms with van der Waals surface area (Å²) in [4.78, 5) is 2.42. The molecule has 10 aromatic carbocycles. The van der Waals surface area contributed by atoms with E-state index in [4.69, 9.17) is 9.47 Å². The van der Waals surface area contributed by atoms with Crippen molar-refractivity contribution < 1.29 is 9.47 Å². The van der Waals surface area contributed by atoms with Gasteiger partial charge in [0, 0.05) is 51.8 Å². The molecule has 0 bridgehead atoms. The predicted octanol–water partition coefficient (Wildman–Crippen LogP) is 17.5. The maximum atomic E-state index is 6.60. The van der Waals surface area contributed by atoms with Crippen LogP contribution in [0.25, 0.3) is 60.9 Å². The molecule has 3 aliphatic rings. The fourth-order valence-corrected chi connectivity index (χ4v) is 12.1. The second-order valence-corrected chi connectivity index (χ2v) is 20.7. The zero-order valence-corrected chi connectivity index (χ0v) is 41.1. The lowest BCUT2D eigenvalue weighted by Gasteiger charge is -2.30. The quantitative estimate of drug-likeness (QED) is 0.122. The minimum atomic E-state index is -0.135. The van der Waals surface area contributed by atoms with Gasteiger partial charge in [-0.25, -0.2) is 0 Å². The Bertz CT molecular complexity index is 3830. The van der Waals surface area contributed by atoms with Crippen LogP contribution in [0.5, 0.6) is 0 Å². The first-order valence-corrected chi connectivity index (χ1v) is 25.8. The van der Waals surface area contributed by atoms with Gasteiger partial charge in [-0.2, -0.15) is 0 Å². The molecule has 0 aliphatic heterocycles. The Morgan fingerprint density at radius 1 is 0.425 bits per heavy atom. The number of nitrogens with zero attached hydrogens (tertiary/aromatic N) is 2. The van der Waals surface area contributed by atoms with E-state index in [0.29, 0.717) is 13.2 Å². The summed E-state index contributed by atoms with van der Waals surface area (Å²) < 4.78 is 15.6.